The normalized spacial score (nSPS) is 17.1. The summed E-state index contributed by atoms with van der Waals surface area (Å²) in [5.74, 6) is -0.304. The molecule has 1 N–H and O–H groups in total. The molecule has 0 spiro atoms. The monoisotopic (exact) mass is 424 g/mol. The molecule has 0 bridgehead atoms. The largest absolute Gasteiger partial charge is 0.368 e. The minimum absolute atomic E-state index is 0.0200. The van der Waals surface area contributed by atoms with E-state index in [1.807, 2.05) is 6.07 Å². The molecule has 2 aliphatic rings. The zero-order valence-electron chi connectivity index (χ0n) is 16.3. The molecule has 0 radical (unpaired) electrons. The highest BCUT2D eigenvalue weighted by Crippen LogP contribution is 2.29. The Morgan fingerprint density at radius 1 is 1.03 bits per heavy atom. The molecule has 1 fully saturated rings. The van der Waals surface area contributed by atoms with Crippen molar-refractivity contribution >= 4 is 27.6 Å². The van der Waals surface area contributed by atoms with E-state index in [1.54, 1.807) is 23.1 Å². The summed E-state index contributed by atoms with van der Waals surface area (Å²) in [7, 11) is -3.74. The van der Waals surface area contributed by atoms with Gasteiger partial charge >= 0.3 is 0 Å². The first kappa shape index (κ1) is 18.6. The van der Waals surface area contributed by atoms with Gasteiger partial charge < -0.3 is 9.80 Å². The van der Waals surface area contributed by atoms with E-state index >= 15 is 0 Å². The molecule has 1 saturated heterocycles. The summed E-state index contributed by atoms with van der Waals surface area (Å²) in [5.41, 5.74) is 2.72. The van der Waals surface area contributed by atoms with E-state index in [9.17, 15) is 13.2 Å². The lowest BCUT2D eigenvalue weighted by molar-refractivity contribution is 0.0734. The predicted molar refractivity (Wildman–Crippen MR) is 111 cm³/mol. The van der Waals surface area contributed by atoms with E-state index in [0.717, 1.165) is 5.69 Å². The number of rotatable bonds is 2. The van der Waals surface area contributed by atoms with Crippen molar-refractivity contribution in [1.82, 2.24) is 19.7 Å². The SMILES string of the molecule is Cc1cccc(N2CCN(C(=O)c3nc4n(n3)-c3ccccc3S(=O)(=O)N4)CC2)c1. The Balaban J connectivity index is 1.36. The van der Waals surface area contributed by atoms with Crippen LogP contribution in [0, 0.1) is 6.92 Å². The fraction of sp³-hybridized carbons (Fsp3) is 0.250. The molecular formula is C20H20N6O3S. The molecule has 154 valence electrons. The lowest BCUT2D eigenvalue weighted by Gasteiger charge is -2.35. The molecule has 0 saturated carbocycles. The molecule has 5 rings (SSSR count). The number of carbonyl (C=O) groups excluding carboxylic acids is 1. The number of aromatic nitrogens is 3. The summed E-state index contributed by atoms with van der Waals surface area (Å²) in [6, 6.07) is 14.8. The first-order chi connectivity index (χ1) is 14.4. The fourth-order valence-corrected chi connectivity index (χ4v) is 4.98. The van der Waals surface area contributed by atoms with Gasteiger partial charge in [0.1, 0.15) is 4.90 Å². The van der Waals surface area contributed by atoms with Gasteiger partial charge in [-0.2, -0.15) is 9.67 Å². The van der Waals surface area contributed by atoms with Gasteiger partial charge in [-0.1, -0.05) is 24.3 Å². The summed E-state index contributed by atoms with van der Waals surface area (Å²) in [5, 5.41) is 4.30. The van der Waals surface area contributed by atoms with E-state index in [2.05, 4.69) is 44.8 Å². The van der Waals surface area contributed by atoms with Crippen LogP contribution in [0.5, 0.6) is 0 Å². The second-order valence-corrected chi connectivity index (χ2v) is 9.01. The molecule has 3 aromatic rings. The number of sulfonamides is 1. The van der Waals surface area contributed by atoms with Crippen LogP contribution in [0.15, 0.2) is 53.4 Å². The maximum atomic E-state index is 13.0. The zero-order chi connectivity index (χ0) is 20.9. The number of benzene rings is 2. The molecule has 0 aliphatic carbocycles. The third kappa shape index (κ3) is 3.09. The van der Waals surface area contributed by atoms with Gasteiger partial charge in [0.05, 0.1) is 5.69 Å². The maximum Gasteiger partial charge on any atom is 0.293 e. The molecule has 0 unspecified atom stereocenters. The molecule has 30 heavy (non-hydrogen) atoms. The van der Waals surface area contributed by atoms with Crippen LogP contribution in [0.3, 0.4) is 0 Å². The van der Waals surface area contributed by atoms with Gasteiger partial charge in [0, 0.05) is 31.9 Å². The first-order valence-corrected chi connectivity index (χ1v) is 11.1. The van der Waals surface area contributed by atoms with Crippen molar-refractivity contribution in [2.24, 2.45) is 0 Å². The van der Waals surface area contributed by atoms with Gasteiger partial charge in [-0.25, -0.2) is 13.1 Å². The third-order valence-electron chi connectivity index (χ3n) is 5.34. The second kappa shape index (κ2) is 6.84. The molecule has 2 aromatic carbocycles. The smallest absolute Gasteiger partial charge is 0.293 e. The zero-order valence-corrected chi connectivity index (χ0v) is 17.1. The molecular weight excluding hydrogens is 404 g/mol. The van der Waals surface area contributed by atoms with Crippen molar-refractivity contribution in [3.63, 3.8) is 0 Å². The summed E-state index contributed by atoms with van der Waals surface area (Å²) >= 11 is 0. The Hall–Kier alpha value is -3.40. The standard InChI is InChI=1S/C20H20N6O3S/c1-14-5-4-6-15(13-14)24-9-11-25(12-10-24)19(27)18-21-20-23-30(28,29)17-8-3-2-7-16(17)26(20)22-18/h2-8,13H,9-12H2,1H3,(H,21,22,23). The van der Waals surface area contributed by atoms with Gasteiger partial charge in [-0.3, -0.25) is 4.79 Å². The van der Waals surface area contributed by atoms with Crippen LogP contribution in [0.2, 0.25) is 0 Å². The highest BCUT2D eigenvalue weighted by atomic mass is 32.2. The molecule has 10 heteroatoms. The first-order valence-electron chi connectivity index (χ1n) is 9.62. The van der Waals surface area contributed by atoms with Crippen molar-refractivity contribution < 1.29 is 13.2 Å². The van der Waals surface area contributed by atoms with Gasteiger partial charge in [-0.05, 0) is 36.8 Å². The second-order valence-electron chi connectivity index (χ2n) is 7.36. The van der Waals surface area contributed by atoms with Crippen molar-refractivity contribution in [3.05, 3.63) is 59.9 Å². The number of fused-ring (bicyclic) bond motifs is 3. The topological polar surface area (TPSA) is 100 Å². The summed E-state index contributed by atoms with van der Waals surface area (Å²) in [4.78, 5) is 21.2. The number of nitrogens with one attached hydrogen (secondary N) is 1. The Morgan fingerprint density at radius 2 is 1.80 bits per heavy atom. The number of carbonyl (C=O) groups is 1. The lowest BCUT2D eigenvalue weighted by Crippen LogP contribution is -2.49. The van der Waals surface area contributed by atoms with Crippen molar-refractivity contribution in [3.8, 4) is 5.69 Å². The maximum absolute atomic E-state index is 13.0. The number of aryl methyl sites for hydroxylation is 1. The van der Waals surface area contributed by atoms with E-state index < -0.39 is 10.0 Å². The van der Waals surface area contributed by atoms with Gasteiger partial charge in [0.25, 0.3) is 15.9 Å². The number of hydrogen-bond donors (Lipinski definition) is 1. The quantitative estimate of drug-likeness (QED) is 0.672. The number of piperazine rings is 1. The van der Waals surface area contributed by atoms with E-state index in [1.165, 1.54) is 16.3 Å². The number of amides is 1. The number of hydrogen-bond acceptors (Lipinski definition) is 6. The molecule has 9 nitrogen and oxygen atoms in total. The van der Waals surface area contributed by atoms with Crippen LogP contribution >= 0.6 is 0 Å². The lowest BCUT2D eigenvalue weighted by atomic mass is 10.2. The minimum atomic E-state index is -3.74. The minimum Gasteiger partial charge on any atom is -0.368 e. The van der Waals surface area contributed by atoms with Crippen LogP contribution in [-0.4, -0.2) is 60.2 Å². The highest BCUT2D eigenvalue weighted by Gasteiger charge is 2.32. The van der Waals surface area contributed by atoms with Crippen molar-refractivity contribution in [1.29, 1.82) is 0 Å². The Kier molecular flexibility index (Phi) is 4.24. The van der Waals surface area contributed by atoms with Crippen LogP contribution < -0.4 is 9.62 Å². The average Bonchev–Trinajstić information content (AvgIpc) is 3.17. The van der Waals surface area contributed by atoms with Gasteiger partial charge in [0.2, 0.25) is 11.8 Å². The van der Waals surface area contributed by atoms with E-state index in [-0.39, 0.29) is 22.6 Å². The fourth-order valence-electron chi connectivity index (χ4n) is 3.81. The van der Waals surface area contributed by atoms with E-state index in [4.69, 9.17) is 0 Å². The van der Waals surface area contributed by atoms with Gasteiger partial charge in [0.15, 0.2) is 0 Å². The molecule has 3 heterocycles. The average molecular weight is 424 g/mol. The molecule has 2 aliphatic heterocycles. The number of nitrogens with zero attached hydrogens (tertiary/aromatic N) is 5. The van der Waals surface area contributed by atoms with Crippen LogP contribution in [-0.2, 0) is 10.0 Å². The number of para-hydroxylation sites is 1. The summed E-state index contributed by atoms with van der Waals surface area (Å²) in [6.45, 7) is 4.55. The van der Waals surface area contributed by atoms with Crippen molar-refractivity contribution in [2.45, 2.75) is 11.8 Å². The Labute approximate surface area is 174 Å². The third-order valence-corrected chi connectivity index (χ3v) is 6.72. The molecule has 0 atom stereocenters. The number of anilines is 2. The summed E-state index contributed by atoms with van der Waals surface area (Å²) < 4.78 is 28.6. The Morgan fingerprint density at radius 3 is 2.57 bits per heavy atom. The molecule has 1 aromatic heterocycles. The van der Waals surface area contributed by atoms with E-state index in [0.29, 0.717) is 31.9 Å². The van der Waals surface area contributed by atoms with Crippen LogP contribution in [0.1, 0.15) is 16.2 Å². The van der Waals surface area contributed by atoms with Gasteiger partial charge in [-0.15, -0.1) is 5.10 Å². The highest BCUT2D eigenvalue weighted by molar-refractivity contribution is 7.92. The predicted octanol–water partition coefficient (Wildman–Crippen LogP) is 1.65. The van der Waals surface area contributed by atoms with Crippen LogP contribution in [0.25, 0.3) is 5.69 Å². The summed E-state index contributed by atoms with van der Waals surface area (Å²) in [6.07, 6.45) is 0. The Bertz CT molecular complexity index is 1240. The molecule has 1 amide bonds. The van der Waals surface area contributed by atoms with Crippen LogP contribution in [0.4, 0.5) is 11.6 Å². The van der Waals surface area contributed by atoms with Crippen molar-refractivity contribution in [2.75, 3.05) is 35.8 Å².